The SMILES string of the molecule is C[C@H]1[C@@H](C=O)[C@@H](NC(=O)OC(C)(C)C)[C@H](c2ccccc2)N1C(=O)OCc1ccccc1. The van der Waals surface area contributed by atoms with E-state index in [0.717, 1.165) is 17.4 Å². The van der Waals surface area contributed by atoms with Crippen molar-refractivity contribution in [2.45, 2.75) is 58.0 Å². The maximum Gasteiger partial charge on any atom is 0.410 e. The van der Waals surface area contributed by atoms with Crippen molar-refractivity contribution in [2.75, 3.05) is 0 Å². The van der Waals surface area contributed by atoms with Crippen molar-refractivity contribution >= 4 is 18.5 Å². The topological polar surface area (TPSA) is 84.9 Å². The molecule has 170 valence electrons. The molecule has 3 rings (SSSR count). The lowest BCUT2D eigenvalue weighted by atomic mass is 9.92. The summed E-state index contributed by atoms with van der Waals surface area (Å²) in [5, 5.41) is 2.83. The summed E-state index contributed by atoms with van der Waals surface area (Å²) in [7, 11) is 0. The fraction of sp³-hybridized carbons (Fsp3) is 0.400. The molecular formula is C25H30N2O5. The van der Waals surface area contributed by atoms with E-state index in [-0.39, 0.29) is 6.61 Å². The molecule has 0 aliphatic carbocycles. The van der Waals surface area contributed by atoms with Crippen molar-refractivity contribution in [1.82, 2.24) is 10.2 Å². The second kappa shape index (κ2) is 9.85. The Bertz CT molecular complexity index is 926. The smallest absolute Gasteiger partial charge is 0.410 e. The molecule has 4 atom stereocenters. The lowest BCUT2D eigenvalue weighted by molar-refractivity contribution is -0.111. The molecule has 2 aromatic rings. The number of carbonyl (C=O) groups is 3. The molecule has 7 nitrogen and oxygen atoms in total. The van der Waals surface area contributed by atoms with Gasteiger partial charge in [0.15, 0.2) is 0 Å². The van der Waals surface area contributed by atoms with Gasteiger partial charge < -0.3 is 19.6 Å². The number of nitrogens with one attached hydrogen (secondary N) is 1. The van der Waals surface area contributed by atoms with Gasteiger partial charge in [-0.3, -0.25) is 4.90 Å². The van der Waals surface area contributed by atoms with Gasteiger partial charge in [0.1, 0.15) is 18.5 Å². The number of amides is 2. The fourth-order valence-corrected chi connectivity index (χ4v) is 4.03. The number of rotatable bonds is 5. The summed E-state index contributed by atoms with van der Waals surface area (Å²) in [6, 6.07) is 17.0. The van der Waals surface area contributed by atoms with Gasteiger partial charge >= 0.3 is 12.2 Å². The highest BCUT2D eigenvalue weighted by molar-refractivity contribution is 5.74. The van der Waals surface area contributed by atoms with Crippen molar-refractivity contribution in [3.8, 4) is 0 Å². The lowest BCUT2D eigenvalue weighted by Gasteiger charge is -2.30. The van der Waals surface area contributed by atoms with Gasteiger partial charge in [0, 0.05) is 6.04 Å². The van der Waals surface area contributed by atoms with Crippen molar-refractivity contribution in [1.29, 1.82) is 0 Å². The largest absolute Gasteiger partial charge is 0.445 e. The zero-order valence-electron chi connectivity index (χ0n) is 18.9. The van der Waals surface area contributed by atoms with Gasteiger partial charge in [-0.15, -0.1) is 0 Å². The first-order valence-electron chi connectivity index (χ1n) is 10.7. The zero-order chi connectivity index (χ0) is 23.3. The second-order valence-electron chi connectivity index (χ2n) is 8.93. The molecule has 0 spiro atoms. The zero-order valence-corrected chi connectivity index (χ0v) is 18.9. The molecule has 0 aromatic heterocycles. The third-order valence-corrected chi connectivity index (χ3v) is 5.45. The average molecular weight is 439 g/mol. The Morgan fingerprint density at radius 3 is 2.19 bits per heavy atom. The molecular weight excluding hydrogens is 408 g/mol. The summed E-state index contributed by atoms with van der Waals surface area (Å²) in [4.78, 5) is 39.3. The third kappa shape index (κ3) is 5.46. The molecule has 2 aromatic carbocycles. The molecule has 7 heteroatoms. The minimum absolute atomic E-state index is 0.111. The number of hydrogen-bond donors (Lipinski definition) is 1. The van der Waals surface area contributed by atoms with Crippen molar-refractivity contribution in [2.24, 2.45) is 5.92 Å². The normalized spacial score (nSPS) is 22.8. The third-order valence-electron chi connectivity index (χ3n) is 5.45. The van der Waals surface area contributed by atoms with Crippen LogP contribution in [-0.4, -0.2) is 41.1 Å². The highest BCUT2D eigenvalue weighted by Gasteiger charge is 2.51. The van der Waals surface area contributed by atoms with E-state index in [4.69, 9.17) is 9.47 Å². The van der Waals surface area contributed by atoms with Crippen LogP contribution in [0.4, 0.5) is 9.59 Å². The molecule has 32 heavy (non-hydrogen) atoms. The monoisotopic (exact) mass is 438 g/mol. The number of nitrogens with zero attached hydrogens (tertiary/aromatic N) is 1. The minimum Gasteiger partial charge on any atom is -0.445 e. The van der Waals surface area contributed by atoms with Crippen LogP contribution in [0.2, 0.25) is 0 Å². The van der Waals surface area contributed by atoms with Gasteiger partial charge in [0.25, 0.3) is 0 Å². The highest BCUT2D eigenvalue weighted by atomic mass is 16.6. The summed E-state index contributed by atoms with van der Waals surface area (Å²) in [5.41, 5.74) is 0.961. The molecule has 0 bridgehead atoms. The second-order valence-corrected chi connectivity index (χ2v) is 8.93. The van der Waals surface area contributed by atoms with Gasteiger partial charge in [-0.05, 0) is 38.8 Å². The predicted octanol–water partition coefficient (Wildman–Crippen LogP) is 4.48. The number of carbonyl (C=O) groups excluding carboxylic acids is 3. The van der Waals surface area contributed by atoms with E-state index in [0.29, 0.717) is 0 Å². The van der Waals surface area contributed by atoms with Crippen LogP contribution in [0, 0.1) is 5.92 Å². The van der Waals surface area contributed by atoms with Gasteiger partial charge in [0.05, 0.1) is 18.0 Å². The first-order valence-corrected chi connectivity index (χ1v) is 10.7. The van der Waals surface area contributed by atoms with Gasteiger partial charge in [0.2, 0.25) is 0 Å². The standard InChI is InChI=1S/C25H30N2O5/c1-17-20(15-28)21(26-23(29)32-25(2,3)4)22(19-13-9-6-10-14-19)27(17)24(30)31-16-18-11-7-5-8-12-18/h5-15,17,20-22H,16H2,1-4H3,(H,26,29)/t17-,20+,21+,22-/m0/s1. The lowest BCUT2D eigenvalue weighted by Crippen LogP contribution is -2.45. The molecule has 1 heterocycles. The molecule has 1 N–H and O–H groups in total. The molecule has 0 saturated carbocycles. The number of alkyl carbamates (subject to hydrolysis) is 1. The minimum atomic E-state index is -0.693. The number of likely N-dealkylation sites (tertiary alicyclic amines) is 1. The van der Waals surface area contributed by atoms with E-state index >= 15 is 0 Å². The van der Waals surface area contributed by atoms with Crippen LogP contribution in [0.25, 0.3) is 0 Å². The molecule has 2 amide bonds. The van der Waals surface area contributed by atoms with Crippen LogP contribution in [0.1, 0.15) is 44.9 Å². The fourth-order valence-electron chi connectivity index (χ4n) is 4.03. The summed E-state index contributed by atoms with van der Waals surface area (Å²) in [6.45, 7) is 7.20. The highest BCUT2D eigenvalue weighted by Crippen LogP contribution is 2.40. The van der Waals surface area contributed by atoms with Gasteiger partial charge in [-0.25, -0.2) is 9.59 Å². The summed E-state index contributed by atoms with van der Waals surface area (Å²) in [5.74, 6) is -0.628. The van der Waals surface area contributed by atoms with Crippen LogP contribution in [-0.2, 0) is 20.9 Å². The Balaban J connectivity index is 1.89. The van der Waals surface area contributed by atoms with E-state index in [1.54, 1.807) is 32.6 Å². The van der Waals surface area contributed by atoms with Crippen molar-refractivity contribution in [3.63, 3.8) is 0 Å². The van der Waals surface area contributed by atoms with Crippen molar-refractivity contribution in [3.05, 3.63) is 71.8 Å². The molecule has 0 radical (unpaired) electrons. The molecule has 1 aliphatic heterocycles. The number of hydrogen-bond acceptors (Lipinski definition) is 5. The molecule has 0 unspecified atom stereocenters. The Morgan fingerprint density at radius 2 is 1.62 bits per heavy atom. The van der Waals surface area contributed by atoms with E-state index in [1.165, 1.54) is 0 Å². The maximum atomic E-state index is 13.2. The molecule has 1 saturated heterocycles. The van der Waals surface area contributed by atoms with Crippen LogP contribution < -0.4 is 5.32 Å². The Hall–Kier alpha value is -3.35. The van der Waals surface area contributed by atoms with E-state index in [1.807, 2.05) is 60.7 Å². The molecule has 1 fully saturated rings. The molecule has 1 aliphatic rings. The predicted molar refractivity (Wildman–Crippen MR) is 120 cm³/mol. The van der Waals surface area contributed by atoms with Gasteiger partial charge in [-0.1, -0.05) is 60.7 Å². The van der Waals surface area contributed by atoms with E-state index < -0.39 is 41.8 Å². The van der Waals surface area contributed by atoms with Crippen LogP contribution in [0.5, 0.6) is 0 Å². The maximum absolute atomic E-state index is 13.2. The summed E-state index contributed by atoms with van der Waals surface area (Å²) in [6.07, 6.45) is -0.398. The Morgan fingerprint density at radius 1 is 1.03 bits per heavy atom. The van der Waals surface area contributed by atoms with Crippen LogP contribution in [0.3, 0.4) is 0 Å². The van der Waals surface area contributed by atoms with Crippen LogP contribution in [0.15, 0.2) is 60.7 Å². The summed E-state index contributed by atoms with van der Waals surface area (Å²) < 4.78 is 11.0. The van der Waals surface area contributed by atoms with Crippen molar-refractivity contribution < 1.29 is 23.9 Å². The Kier molecular flexibility index (Phi) is 7.18. The number of benzene rings is 2. The quantitative estimate of drug-likeness (QED) is 0.696. The first kappa shape index (κ1) is 23.3. The summed E-state index contributed by atoms with van der Waals surface area (Å²) >= 11 is 0. The number of ether oxygens (including phenoxy) is 2. The first-order chi connectivity index (χ1) is 15.2. The van der Waals surface area contributed by atoms with Crippen LogP contribution >= 0.6 is 0 Å². The number of aldehydes is 1. The Labute approximate surface area is 188 Å². The van der Waals surface area contributed by atoms with Gasteiger partial charge in [-0.2, -0.15) is 0 Å². The van der Waals surface area contributed by atoms with E-state index in [9.17, 15) is 14.4 Å². The van der Waals surface area contributed by atoms with E-state index in [2.05, 4.69) is 5.32 Å². The average Bonchev–Trinajstić information content (AvgIpc) is 3.03.